The van der Waals surface area contributed by atoms with Crippen LogP contribution in [0.5, 0.6) is 0 Å². The average Bonchev–Trinajstić information content (AvgIpc) is 3.18. The Hall–Kier alpha value is -3.08. The van der Waals surface area contributed by atoms with E-state index in [4.69, 9.17) is 4.42 Å². The summed E-state index contributed by atoms with van der Waals surface area (Å²) in [4.78, 5) is 25.1. The fourth-order valence-corrected chi connectivity index (χ4v) is 3.08. The summed E-state index contributed by atoms with van der Waals surface area (Å²) in [6, 6.07) is 16.9. The van der Waals surface area contributed by atoms with Gasteiger partial charge < -0.3 is 15.1 Å². The zero-order valence-corrected chi connectivity index (χ0v) is 15.6. The number of benzene rings is 2. The van der Waals surface area contributed by atoms with Crippen molar-refractivity contribution in [3.05, 3.63) is 72.2 Å². The highest BCUT2D eigenvalue weighted by Gasteiger charge is 2.24. The topological polar surface area (TPSA) is 71.3 Å². The van der Waals surface area contributed by atoms with Crippen LogP contribution in [0.1, 0.15) is 25.2 Å². The van der Waals surface area contributed by atoms with Crippen LogP contribution in [0.2, 0.25) is 0 Å². The third kappa shape index (κ3) is 4.76. The summed E-state index contributed by atoms with van der Waals surface area (Å²) in [5, 5.41) is 7.85. The molecule has 1 aromatic heterocycles. The lowest BCUT2D eigenvalue weighted by Gasteiger charge is -2.21. The molecule has 2 N–H and O–H groups in total. The summed E-state index contributed by atoms with van der Waals surface area (Å²) in [5.41, 5.74) is 0.948. The number of carbonyl (C=O) groups is 2. The van der Waals surface area contributed by atoms with Crippen molar-refractivity contribution in [1.82, 2.24) is 10.6 Å². The summed E-state index contributed by atoms with van der Waals surface area (Å²) in [6.07, 6.45) is 1.80. The van der Waals surface area contributed by atoms with Gasteiger partial charge in [-0.1, -0.05) is 56.3 Å². The van der Waals surface area contributed by atoms with Crippen molar-refractivity contribution in [3.8, 4) is 0 Å². The van der Waals surface area contributed by atoms with Crippen molar-refractivity contribution >= 4 is 22.6 Å². The average molecular weight is 364 g/mol. The molecule has 1 heterocycles. The smallest absolute Gasteiger partial charge is 0.243 e. The maximum absolute atomic E-state index is 12.6. The number of rotatable bonds is 7. The Morgan fingerprint density at radius 3 is 2.52 bits per heavy atom. The molecule has 0 spiro atoms. The zero-order chi connectivity index (χ0) is 19.2. The number of carbonyl (C=O) groups excluding carboxylic acids is 2. The Labute approximate surface area is 158 Å². The first-order valence-corrected chi connectivity index (χ1v) is 9.10. The molecule has 0 unspecified atom stereocenters. The highest BCUT2D eigenvalue weighted by Crippen LogP contribution is 2.19. The number of nitrogens with one attached hydrogen (secondary N) is 2. The molecule has 27 heavy (non-hydrogen) atoms. The number of fused-ring (bicyclic) bond motifs is 1. The zero-order valence-electron chi connectivity index (χ0n) is 15.6. The minimum atomic E-state index is -0.595. The summed E-state index contributed by atoms with van der Waals surface area (Å²) >= 11 is 0. The standard InChI is InChI=1S/C22H24N2O3/c1-15(2)21(22(26)23-14-18-10-6-12-27-18)24-20(25)13-17-9-5-8-16-7-3-4-11-19(16)17/h3-12,15,21H,13-14H2,1-2H3,(H,23,26)(H,24,25)/t21-/m0/s1. The third-order valence-corrected chi connectivity index (χ3v) is 4.51. The lowest BCUT2D eigenvalue weighted by atomic mass is 10.0. The molecule has 0 bridgehead atoms. The molecular weight excluding hydrogens is 340 g/mol. The second-order valence-corrected chi connectivity index (χ2v) is 6.90. The van der Waals surface area contributed by atoms with E-state index in [-0.39, 0.29) is 24.2 Å². The van der Waals surface area contributed by atoms with E-state index in [9.17, 15) is 9.59 Å². The first kappa shape index (κ1) is 18.7. The molecule has 1 atom stereocenters. The van der Waals surface area contributed by atoms with Gasteiger partial charge in [0.15, 0.2) is 0 Å². The second-order valence-electron chi connectivity index (χ2n) is 6.90. The summed E-state index contributed by atoms with van der Waals surface area (Å²) in [5.74, 6) is 0.261. The van der Waals surface area contributed by atoms with Gasteiger partial charge in [0.25, 0.3) is 0 Å². The van der Waals surface area contributed by atoms with Crippen LogP contribution in [0.3, 0.4) is 0 Å². The molecule has 5 nitrogen and oxygen atoms in total. The van der Waals surface area contributed by atoms with Crippen LogP contribution in [-0.2, 0) is 22.6 Å². The van der Waals surface area contributed by atoms with Gasteiger partial charge in [0.05, 0.1) is 19.2 Å². The van der Waals surface area contributed by atoms with Gasteiger partial charge in [-0.15, -0.1) is 0 Å². The normalized spacial score (nSPS) is 12.1. The number of hydrogen-bond acceptors (Lipinski definition) is 3. The predicted molar refractivity (Wildman–Crippen MR) is 105 cm³/mol. The van der Waals surface area contributed by atoms with Gasteiger partial charge in [-0.25, -0.2) is 0 Å². The van der Waals surface area contributed by atoms with E-state index in [1.807, 2.05) is 56.3 Å². The molecule has 140 valence electrons. The number of amides is 2. The van der Waals surface area contributed by atoms with Crippen LogP contribution < -0.4 is 10.6 Å². The van der Waals surface area contributed by atoms with Crippen LogP contribution >= 0.6 is 0 Å². The fourth-order valence-electron chi connectivity index (χ4n) is 3.08. The molecule has 0 saturated heterocycles. The molecule has 0 aliphatic rings. The summed E-state index contributed by atoms with van der Waals surface area (Å²) < 4.78 is 5.22. The van der Waals surface area contributed by atoms with Gasteiger partial charge in [0.2, 0.25) is 11.8 Å². The predicted octanol–water partition coefficient (Wildman–Crippen LogP) is 3.43. The van der Waals surface area contributed by atoms with E-state index >= 15 is 0 Å². The van der Waals surface area contributed by atoms with Gasteiger partial charge in [-0.2, -0.15) is 0 Å². The van der Waals surface area contributed by atoms with E-state index in [1.165, 1.54) is 0 Å². The van der Waals surface area contributed by atoms with E-state index < -0.39 is 6.04 Å². The third-order valence-electron chi connectivity index (χ3n) is 4.51. The van der Waals surface area contributed by atoms with Crippen molar-refractivity contribution in [2.24, 2.45) is 5.92 Å². The summed E-state index contributed by atoms with van der Waals surface area (Å²) in [7, 11) is 0. The van der Waals surface area contributed by atoms with Gasteiger partial charge in [0, 0.05) is 0 Å². The maximum Gasteiger partial charge on any atom is 0.243 e. The molecule has 2 aromatic carbocycles. The lowest BCUT2D eigenvalue weighted by molar-refractivity contribution is -0.129. The van der Waals surface area contributed by atoms with Crippen molar-refractivity contribution in [1.29, 1.82) is 0 Å². The second kappa shape index (κ2) is 8.54. The van der Waals surface area contributed by atoms with E-state index in [0.29, 0.717) is 12.3 Å². The van der Waals surface area contributed by atoms with Crippen LogP contribution in [-0.4, -0.2) is 17.9 Å². The Balaban J connectivity index is 1.65. The van der Waals surface area contributed by atoms with E-state index in [0.717, 1.165) is 16.3 Å². The van der Waals surface area contributed by atoms with Gasteiger partial charge in [0.1, 0.15) is 11.8 Å². The summed E-state index contributed by atoms with van der Waals surface area (Å²) in [6.45, 7) is 4.12. The monoisotopic (exact) mass is 364 g/mol. The molecular formula is C22H24N2O3. The first-order valence-electron chi connectivity index (χ1n) is 9.10. The number of furan rings is 1. The molecule has 2 amide bonds. The maximum atomic E-state index is 12.6. The molecule has 5 heteroatoms. The highest BCUT2D eigenvalue weighted by molar-refractivity contribution is 5.92. The SMILES string of the molecule is CC(C)[C@H](NC(=O)Cc1cccc2ccccc12)C(=O)NCc1ccco1. The van der Waals surface area contributed by atoms with Gasteiger partial charge in [-0.3, -0.25) is 9.59 Å². The van der Waals surface area contributed by atoms with Crippen molar-refractivity contribution in [2.75, 3.05) is 0 Å². The van der Waals surface area contributed by atoms with Crippen LogP contribution in [0, 0.1) is 5.92 Å². The Bertz CT molecular complexity index is 911. The van der Waals surface area contributed by atoms with Gasteiger partial charge >= 0.3 is 0 Å². The Morgan fingerprint density at radius 2 is 1.78 bits per heavy atom. The van der Waals surface area contributed by atoms with Crippen molar-refractivity contribution < 1.29 is 14.0 Å². The molecule has 0 saturated carbocycles. The molecule has 3 rings (SSSR count). The molecule has 0 radical (unpaired) electrons. The minimum Gasteiger partial charge on any atom is -0.467 e. The number of hydrogen-bond donors (Lipinski definition) is 2. The Morgan fingerprint density at radius 1 is 1.00 bits per heavy atom. The van der Waals surface area contributed by atoms with Gasteiger partial charge in [-0.05, 0) is 34.4 Å². The lowest BCUT2D eigenvalue weighted by Crippen LogP contribution is -2.49. The largest absolute Gasteiger partial charge is 0.467 e. The van der Waals surface area contributed by atoms with Crippen molar-refractivity contribution in [2.45, 2.75) is 32.9 Å². The minimum absolute atomic E-state index is 0.0296. The van der Waals surface area contributed by atoms with E-state index in [2.05, 4.69) is 10.6 Å². The molecule has 0 aliphatic heterocycles. The Kier molecular flexibility index (Phi) is 5.91. The van der Waals surface area contributed by atoms with Crippen LogP contribution in [0.4, 0.5) is 0 Å². The van der Waals surface area contributed by atoms with Crippen LogP contribution in [0.15, 0.2) is 65.3 Å². The first-order chi connectivity index (χ1) is 13.0. The highest BCUT2D eigenvalue weighted by atomic mass is 16.3. The van der Waals surface area contributed by atoms with Crippen molar-refractivity contribution in [3.63, 3.8) is 0 Å². The van der Waals surface area contributed by atoms with Crippen LogP contribution in [0.25, 0.3) is 10.8 Å². The molecule has 0 aliphatic carbocycles. The molecule has 3 aromatic rings. The van der Waals surface area contributed by atoms with E-state index in [1.54, 1.807) is 18.4 Å². The molecule has 0 fully saturated rings. The quantitative estimate of drug-likeness (QED) is 0.675. The fraction of sp³-hybridized carbons (Fsp3) is 0.273.